The SMILES string of the molecule is CCC(NC(=O)CNc1cccc(C(=O)Nc2cccc(C(F)(F)F)c2)c1)c1ccccc1. The van der Waals surface area contributed by atoms with Crippen LogP contribution in [0, 0.1) is 0 Å². The van der Waals surface area contributed by atoms with Crippen molar-refractivity contribution in [3.63, 3.8) is 0 Å². The van der Waals surface area contributed by atoms with Crippen molar-refractivity contribution in [1.29, 1.82) is 0 Å². The van der Waals surface area contributed by atoms with Gasteiger partial charge in [0.2, 0.25) is 5.91 Å². The fraction of sp³-hybridized carbons (Fsp3) is 0.200. The molecular formula is C25H24F3N3O2. The largest absolute Gasteiger partial charge is 0.416 e. The van der Waals surface area contributed by atoms with Crippen molar-refractivity contribution < 1.29 is 22.8 Å². The first-order valence-corrected chi connectivity index (χ1v) is 10.4. The Hall–Kier alpha value is -3.81. The Bertz CT molecular complexity index is 1100. The zero-order valence-corrected chi connectivity index (χ0v) is 17.9. The lowest BCUT2D eigenvalue weighted by Crippen LogP contribution is -2.33. The van der Waals surface area contributed by atoms with Gasteiger partial charge in [0.1, 0.15) is 0 Å². The normalized spacial score (nSPS) is 12.0. The maximum atomic E-state index is 12.9. The van der Waals surface area contributed by atoms with Gasteiger partial charge in [-0.2, -0.15) is 13.2 Å². The highest BCUT2D eigenvalue weighted by molar-refractivity contribution is 6.04. The molecule has 0 radical (unpaired) electrons. The fourth-order valence-electron chi connectivity index (χ4n) is 3.28. The molecule has 3 N–H and O–H groups in total. The van der Waals surface area contributed by atoms with Gasteiger partial charge in [-0.1, -0.05) is 49.4 Å². The van der Waals surface area contributed by atoms with Crippen LogP contribution >= 0.6 is 0 Å². The summed E-state index contributed by atoms with van der Waals surface area (Å²) in [6, 6.07) is 20.4. The van der Waals surface area contributed by atoms with Gasteiger partial charge >= 0.3 is 6.18 Å². The molecule has 2 amide bonds. The maximum absolute atomic E-state index is 12.9. The van der Waals surface area contributed by atoms with Crippen LogP contribution in [-0.4, -0.2) is 18.4 Å². The second-order valence-electron chi connectivity index (χ2n) is 7.41. The molecule has 0 saturated carbocycles. The van der Waals surface area contributed by atoms with Gasteiger partial charge in [0, 0.05) is 16.9 Å². The van der Waals surface area contributed by atoms with E-state index in [1.54, 1.807) is 12.1 Å². The smallest absolute Gasteiger partial charge is 0.376 e. The number of halogens is 3. The van der Waals surface area contributed by atoms with E-state index in [0.717, 1.165) is 24.1 Å². The summed E-state index contributed by atoms with van der Waals surface area (Å²) in [6.07, 6.45) is -3.76. The van der Waals surface area contributed by atoms with E-state index >= 15 is 0 Å². The van der Waals surface area contributed by atoms with Crippen molar-refractivity contribution in [2.24, 2.45) is 0 Å². The van der Waals surface area contributed by atoms with Crippen LogP contribution in [0.25, 0.3) is 0 Å². The molecule has 0 spiro atoms. The molecule has 0 aromatic heterocycles. The topological polar surface area (TPSA) is 70.2 Å². The molecule has 0 heterocycles. The molecule has 1 atom stereocenters. The summed E-state index contributed by atoms with van der Waals surface area (Å²) in [7, 11) is 0. The van der Waals surface area contributed by atoms with E-state index in [4.69, 9.17) is 0 Å². The Labute approximate surface area is 190 Å². The van der Waals surface area contributed by atoms with E-state index in [1.807, 2.05) is 37.3 Å². The van der Waals surface area contributed by atoms with Crippen molar-refractivity contribution in [2.45, 2.75) is 25.6 Å². The van der Waals surface area contributed by atoms with Gasteiger partial charge in [-0.25, -0.2) is 0 Å². The predicted molar refractivity (Wildman–Crippen MR) is 122 cm³/mol. The van der Waals surface area contributed by atoms with Gasteiger partial charge in [-0.05, 0) is 48.4 Å². The Kier molecular flexibility index (Phi) is 7.71. The van der Waals surface area contributed by atoms with E-state index in [2.05, 4.69) is 16.0 Å². The number of carbonyl (C=O) groups is 2. The zero-order chi connectivity index (χ0) is 23.8. The van der Waals surface area contributed by atoms with E-state index in [-0.39, 0.29) is 29.7 Å². The van der Waals surface area contributed by atoms with Crippen molar-refractivity contribution in [2.75, 3.05) is 17.2 Å². The molecule has 5 nitrogen and oxygen atoms in total. The summed E-state index contributed by atoms with van der Waals surface area (Å²) >= 11 is 0. The number of benzene rings is 3. The Balaban J connectivity index is 1.59. The van der Waals surface area contributed by atoms with Crippen molar-refractivity contribution >= 4 is 23.2 Å². The summed E-state index contributed by atoms with van der Waals surface area (Å²) in [5, 5.41) is 8.41. The molecule has 3 aromatic rings. The summed E-state index contributed by atoms with van der Waals surface area (Å²) in [5.74, 6) is -0.762. The average Bonchev–Trinajstić information content (AvgIpc) is 2.81. The highest BCUT2D eigenvalue weighted by Crippen LogP contribution is 2.30. The first-order valence-electron chi connectivity index (χ1n) is 10.4. The first kappa shape index (κ1) is 23.8. The minimum Gasteiger partial charge on any atom is -0.376 e. The van der Waals surface area contributed by atoms with Crippen molar-refractivity contribution in [1.82, 2.24) is 5.32 Å². The molecular weight excluding hydrogens is 431 g/mol. The zero-order valence-electron chi connectivity index (χ0n) is 17.9. The maximum Gasteiger partial charge on any atom is 0.416 e. The van der Waals surface area contributed by atoms with Gasteiger partial charge in [-0.3, -0.25) is 9.59 Å². The van der Waals surface area contributed by atoms with Gasteiger partial charge < -0.3 is 16.0 Å². The quantitative estimate of drug-likeness (QED) is 0.412. The third-order valence-corrected chi connectivity index (χ3v) is 4.97. The average molecular weight is 455 g/mol. The van der Waals surface area contributed by atoms with Crippen molar-refractivity contribution in [3.8, 4) is 0 Å². The molecule has 0 bridgehead atoms. The molecule has 33 heavy (non-hydrogen) atoms. The summed E-state index contributed by atoms with van der Waals surface area (Å²) in [4.78, 5) is 24.9. The summed E-state index contributed by atoms with van der Waals surface area (Å²) in [6.45, 7) is 1.99. The second kappa shape index (κ2) is 10.7. The van der Waals surface area contributed by atoms with Crippen LogP contribution in [0.4, 0.5) is 24.5 Å². The summed E-state index contributed by atoms with van der Waals surface area (Å²) < 4.78 is 38.6. The number of alkyl halides is 3. The van der Waals surface area contributed by atoms with Crippen LogP contribution < -0.4 is 16.0 Å². The number of hydrogen-bond donors (Lipinski definition) is 3. The third kappa shape index (κ3) is 6.83. The van der Waals surface area contributed by atoms with Gasteiger partial charge in [0.15, 0.2) is 0 Å². The van der Waals surface area contributed by atoms with Crippen LogP contribution in [0.5, 0.6) is 0 Å². The fourth-order valence-corrected chi connectivity index (χ4v) is 3.28. The lowest BCUT2D eigenvalue weighted by Gasteiger charge is -2.18. The predicted octanol–water partition coefficient (Wildman–Crippen LogP) is 5.64. The summed E-state index contributed by atoms with van der Waals surface area (Å²) in [5.41, 5.74) is 0.992. The second-order valence-corrected chi connectivity index (χ2v) is 7.41. The van der Waals surface area contributed by atoms with Crippen molar-refractivity contribution in [3.05, 3.63) is 95.6 Å². The van der Waals surface area contributed by atoms with Crippen LogP contribution in [0.1, 0.15) is 40.9 Å². The lowest BCUT2D eigenvalue weighted by atomic mass is 10.0. The molecule has 3 aromatic carbocycles. The molecule has 0 saturated heterocycles. The highest BCUT2D eigenvalue weighted by atomic mass is 19.4. The van der Waals surface area contributed by atoms with Crippen LogP contribution in [0.15, 0.2) is 78.9 Å². The van der Waals surface area contributed by atoms with Gasteiger partial charge in [0.05, 0.1) is 18.2 Å². The minimum absolute atomic E-state index is 0.00202. The number of hydrogen-bond acceptors (Lipinski definition) is 3. The third-order valence-electron chi connectivity index (χ3n) is 4.97. The van der Waals surface area contributed by atoms with Crippen LogP contribution in [0.3, 0.4) is 0 Å². The molecule has 0 aliphatic heterocycles. The first-order chi connectivity index (χ1) is 15.8. The monoisotopic (exact) mass is 455 g/mol. The lowest BCUT2D eigenvalue weighted by molar-refractivity contribution is -0.137. The minimum atomic E-state index is -4.50. The highest BCUT2D eigenvalue weighted by Gasteiger charge is 2.30. The number of nitrogens with one attached hydrogen (secondary N) is 3. The Morgan fingerprint density at radius 2 is 1.58 bits per heavy atom. The van der Waals surface area contributed by atoms with Crippen LogP contribution in [0.2, 0.25) is 0 Å². The van der Waals surface area contributed by atoms with E-state index in [9.17, 15) is 22.8 Å². The van der Waals surface area contributed by atoms with Gasteiger partial charge in [-0.15, -0.1) is 0 Å². The van der Waals surface area contributed by atoms with E-state index in [0.29, 0.717) is 5.69 Å². The van der Waals surface area contributed by atoms with Crippen LogP contribution in [-0.2, 0) is 11.0 Å². The van der Waals surface area contributed by atoms with E-state index < -0.39 is 17.6 Å². The Morgan fingerprint density at radius 3 is 2.27 bits per heavy atom. The van der Waals surface area contributed by atoms with Gasteiger partial charge in [0.25, 0.3) is 5.91 Å². The number of rotatable bonds is 8. The number of carbonyl (C=O) groups excluding carboxylic acids is 2. The molecule has 172 valence electrons. The molecule has 8 heteroatoms. The molecule has 0 fully saturated rings. The standard InChI is InChI=1S/C25H24F3N3O2/c1-2-22(17-8-4-3-5-9-17)31-23(32)16-29-20-12-6-10-18(14-20)24(33)30-21-13-7-11-19(15-21)25(26,27)28/h3-15,22,29H,2,16H2,1H3,(H,30,33)(H,31,32). The number of amides is 2. The molecule has 0 aliphatic carbocycles. The molecule has 0 aliphatic rings. The number of anilines is 2. The van der Waals surface area contributed by atoms with E-state index in [1.165, 1.54) is 24.3 Å². The Morgan fingerprint density at radius 1 is 0.879 bits per heavy atom. The molecule has 1 unspecified atom stereocenters. The molecule has 3 rings (SSSR count).